The number of amides is 3. The molecule has 9 nitrogen and oxygen atoms in total. The maximum Gasteiger partial charge on any atom is 0.250 e. The van der Waals surface area contributed by atoms with Crippen LogP contribution < -0.4 is 15.5 Å². The molecule has 2 unspecified atom stereocenters. The van der Waals surface area contributed by atoms with Gasteiger partial charge in [-0.05, 0) is 18.6 Å². The number of carbonyl (C=O) groups is 3. The van der Waals surface area contributed by atoms with Gasteiger partial charge in [0.1, 0.15) is 17.1 Å². The van der Waals surface area contributed by atoms with Crippen molar-refractivity contribution >= 4 is 35.1 Å². The van der Waals surface area contributed by atoms with E-state index in [-0.39, 0.29) is 24.3 Å². The molecule has 3 N–H and O–H groups in total. The van der Waals surface area contributed by atoms with Gasteiger partial charge in [-0.3, -0.25) is 19.3 Å². The molecule has 0 bridgehead atoms. The summed E-state index contributed by atoms with van der Waals surface area (Å²) in [5.74, 6) is 0.126. The molecule has 0 spiro atoms. The van der Waals surface area contributed by atoms with Gasteiger partial charge >= 0.3 is 0 Å². The smallest absolute Gasteiger partial charge is 0.250 e. The Kier molecular flexibility index (Phi) is 4.66. The monoisotopic (exact) mass is 346 g/mol. The van der Waals surface area contributed by atoms with Gasteiger partial charge in [-0.15, -0.1) is 0 Å². The maximum absolute atomic E-state index is 12.1. The van der Waals surface area contributed by atoms with Crippen molar-refractivity contribution in [1.29, 1.82) is 0 Å². The Labute approximate surface area is 143 Å². The lowest BCUT2D eigenvalue weighted by atomic mass is 10.2. The molecule has 1 aliphatic rings. The summed E-state index contributed by atoms with van der Waals surface area (Å²) in [5.41, 5.74) is 0.873. The lowest BCUT2D eigenvalue weighted by molar-refractivity contribution is -0.125. The first-order valence-electron chi connectivity index (χ1n) is 7.83. The van der Waals surface area contributed by atoms with E-state index in [1.165, 1.54) is 11.9 Å². The molecule has 1 saturated heterocycles. The zero-order chi connectivity index (χ0) is 18.0. The fourth-order valence-electron chi connectivity index (χ4n) is 2.94. The molecule has 0 radical (unpaired) electrons. The highest BCUT2D eigenvalue weighted by Crippen LogP contribution is 2.29. The standard InChI is InChI=1S/C16H18N4O5/c1-17-16(24)15(18-8-22)12-6-10-11(25-12)3-4-13(19-10)20-9(7-21)2-5-14(20)23/h3-4,6,8-9,15,21H,2,5,7H2,1H3,(H,17,24)(H,18,22). The number of nitrogens with zero attached hydrogens (tertiary/aromatic N) is 2. The Balaban J connectivity index is 1.97. The molecule has 0 saturated carbocycles. The number of anilines is 1. The Hall–Kier alpha value is -2.94. The Morgan fingerprint density at radius 3 is 3.04 bits per heavy atom. The van der Waals surface area contributed by atoms with Crippen LogP contribution in [0.3, 0.4) is 0 Å². The third kappa shape index (κ3) is 3.05. The molecule has 0 aromatic carbocycles. The van der Waals surface area contributed by atoms with E-state index in [0.717, 1.165) is 0 Å². The van der Waals surface area contributed by atoms with Crippen LogP contribution in [0.5, 0.6) is 0 Å². The summed E-state index contributed by atoms with van der Waals surface area (Å²) in [6.07, 6.45) is 1.36. The number of fused-ring (bicyclic) bond motifs is 1. The summed E-state index contributed by atoms with van der Waals surface area (Å²) in [6.45, 7) is -0.135. The second-order valence-electron chi connectivity index (χ2n) is 5.67. The average Bonchev–Trinajstić information content (AvgIpc) is 3.21. The number of pyridine rings is 1. The first-order chi connectivity index (χ1) is 12.1. The van der Waals surface area contributed by atoms with Gasteiger partial charge < -0.3 is 20.2 Å². The van der Waals surface area contributed by atoms with E-state index in [1.54, 1.807) is 18.2 Å². The SMILES string of the molecule is CNC(=O)C(NC=O)c1cc2nc(N3C(=O)CCC3CO)ccc2o1. The van der Waals surface area contributed by atoms with E-state index in [0.29, 0.717) is 36.2 Å². The number of aliphatic hydroxyl groups is 1. The van der Waals surface area contributed by atoms with Crippen LogP contribution in [-0.2, 0) is 14.4 Å². The molecule has 9 heteroatoms. The molecule has 132 valence electrons. The van der Waals surface area contributed by atoms with E-state index in [1.807, 2.05) is 0 Å². The summed E-state index contributed by atoms with van der Waals surface area (Å²) in [4.78, 5) is 40.6. The quantitative estimate of drug-likeness (QED) is 0.625. The van der Waals surface area contributed by atoms with Crippen LogP contribution in [0.15, 0.2) is 22.6 Å². The number of likely N-dealkylation sites (N-methyl/N-ethyl adjacent to an activating group) is 1. The normalized spacial score (nSPS) is 18.4. The van der Waals surface area contributed by atoms with Crippen molar-refractivity contribution in [2.75, 3.05) is 18.6 Å². The van der Waals surface area contributed by atoms with Crippen molar-refractivity contribution in [3.63, 3.8) is 0 Å². The number of furan rings is 1. The van der Waals surface area contributed by atoms with Crippen LogP contribution in [0.1, 0.15) is 24.6 Å². The summed E-state index contributed by atoms with van der Waals surface area (Å²) in [5, 5.41) is 14.3. The minimum atomic E-state index is -0.973. The van der Waals surface area contributed by atoms with Gasteiger partial charge in [-0.1, -0.05) is 0 Å². The van der Waals surface area contributed by atoms with E-state index in [9.17, 15) is 19.5 Å². The molecule has 2 aromatic rings. The van der Waals surface area contributed by atoms with E-state index >= 15 is 0 Å². The number of carbonyl (C=O) groups excluding carboxylic acids is 3. The minimum absolute atomic E-state index is 0.0968. The van der Waals surface area contributed by atoms with Crippen LogP contribution in [-0.4, -0.2) is 48.0 Å². The second-order valence-corrected chi connectivity index (χ2v) is 5.67. The van der Waals surface area contributed by atoms with E-state index in [2.05, 4.69) is 15.6 Å². The van der Waals surface area contributed by atoms with Crippen LogP contribution in [0.25, 0.3) is 11.1 Å². The van der Waals surface area contributed by atoms with Gasteiger partial charge in [-0.2, -0.15) is 0 Å². The number of nitrogens with one attached hydrogen (secondary N) is 2. The zero-order valence-corrected chi connectivity index (χ0v) is 13.6. The highest BCUT2D eigenvalue weighted by Gasteiger charge is 2.33. The molecule has 0 aliphatic carbocycles. The molecule has 25 heavy (non-hydrogen) atoms. The summed E-state index contributed by atoms with van der Waals surface area (Å²) in [7, 11) is 1.45. The first kappa shape index (κ1) is 16.9. The lowest BCUT2D eigenvalue weighted by Crippen LogP contribution is -2.35. The topological polar surface area (TPSA) is 125 Å². The fraction of sp³-hybridized carbons (Fsp3) is 0.375. The van der Waals surface area contributed by atoms with Gasteiger partial charge in [0.2, 0.25) is 18.2 Å². The summed E-state index contributed by atoms with van der Waals surface area (Å²) >= 11 is 0. The predicted molar refractivity (Wildman–Crippen MR) is 87.6 cm³/mol. The number of aliphatic hydroxyl groups excluding tert-OH is 1. The van der Waals surface area contributed by atoms with Crippen molar-refractivity contribution < 1.29 is 23.9 Å². The first-order valence-corrected chi connectivity index (χ1v) is 7.83. The van der Waals surface area contributed by atoms with E-state index in [4.69, 9.17) is 4.42 Å². The number of hydrogen-bond acceptors (Lipinski definition) is 6. The average molecular weight is 346 g/mol. The Morgan fingerprint density at radius 1 is 1.56 bits per heavy atom. The van der Waals surface area contributed by atoms with Gasteiger partial charge in [0, 0.05) is 19.5 Å². The molecule has 1 fully saturated rings. The van der Waals surface area contributed by atoms with E-state index < -0.39 is 11.9 Å². The maximum atomic E-state index is 12.1. The molecule has 3 heterocycles. The van der Waals surface area contributed by atoms with Crippen molar-refractivity contribution in [3.05, 3.63) is 24.0 Å². The zero-order valence-electron chi connectivity index (χ0n) is 13.6. The van der Waals surface area contributed by atoms with Gasteiger partial charge in [0.05, 0.1) is 12.6 Å². The summed E-state index contributed by atoms with van der Waals surface area (Å²) < 4.78 is 5.61. The van der Waals surface area contributed by atoms with Crippen molar-refractivity contribution in [2.45, 2.75) is 24.9 Å². The fourth-order valence-corrected chi connectivity index (χ4v) is 2.94. The number of rotatable bonds is 6. The van der Waals surface area contributed by atoms with Crippen molar-refractivity contribution in [1.82, 2.24) is 15.6 Å². The van der Waals surface area contributed by atoms with Gasteiger partial charge in [-0.25, -0.2) is 4.98 Å². The predicted octanol–water partition coefficient (Wildman–Crippen LogP) is -0.151. The third-order valence-electron chi connectivity index (χ3n) is 4.19. The highest BCUT2D eigenvalue weighted by molar-refractivity contribution is 5.96. The molecular formula is C16H18N4O5. The van der Waals surface area contributed by atoms with Gasteiger partial charge in [0.15, 0.2) is 11.6 Å². The van der Waals surface area contributed by atoms with Gasteiger partial charge in [0.25, 0.3) is 0 Å². The molecule has 3 rings (SSSR count). The molecular weight excluding hydrogens is 328 g/mol. The summed E-state index contributed by atoms with van der Waals surface area (Å²) in [6, 6.07) is 3.55. The number of aromatic nitrogens is 1. The lowest BCUT2D eigenvalue weighted by Gasteiger charge is -2.21. The Morgan fingerprint density at radius 2 is 2.36 bits per heavy atom. The van der Waals surface area contributed by atoms with Crippen LogP contribution in [0, 0.1) is 0 Å². The van der Waals surface area contributed by atoms with Crippen LogP contribution in [0.2, 0.25) is 0 Å². The third-order valence-corrected chi connectivity index (χ3v) is 4.19. The molecule has 1 aliphatic heterocycles. The van der Waals surface area contributed by atoms with Crippen LogP contribution in [0.4, 0.5) is 5.82 Å². The molecule has 2 atom stereocenters. The second kappa shape index (κ2) is 6.89. The van der Waals surface area contributed by atoms with Crippen molar-refractivity contribution in [3.8, 4) is 0 Å². The van der Waals surface area contributed by atoms with Crippen LogP contribution >= 0.6 is 0 Å². The Bertz CT molecular complexity index is 818. The number of hydrogen-bond donors (Lipinski definition) is 3. The highest BCUT2D eigenvalue weighted by atomic mass is 16.3. The van der Waals surface area contributed by atoms with Crippen molar-refractivity contribution in [2.24, 2.45) is 0 Å². The molecule has 3 amide bonds. The molecule has 2 aromatic heterocycles. The largest absolute Gasteiger partial charge is 0.457 e. The minimum Gasteiger partial charge on any atom is -0.457 e.